The van der Waals surface area contributed by atoms with Crippen LogP contribution in [0, 0.1) is 25.2 Å². The second-order valence-corrected chi connectivity index (χ2v) is 5.69. The highest BCUT2D eigenvalue weighted by atomic mass is 35.5. The van der Waals surface area contributed by atoms with E-state index in [9.17, 15) is 10.1 Å². The van der Waals surface area contributed by atoms with Gasteiger partial charge in [0.15, 0.2) is 0 Å². The van der Waals surface area contributed by atoms with Crippen molar-refractivity contribution < 1.29 is 4.79 Å². The number of nitriles is 1. The highest BCUT2D eigenvalue weighted by Gasteiger charge is 2.18. The van der Waals surface area contributed by atoms with Gasteiger partial charge in [-0.3, -0.25) is 4.79 Å². The maximum Gasteiger partial charge on any atom is 0.224 e. The molecular formula is C17H17ClN4O. The van der Waals surface area contributed by atoms with Crippen molar-refractivity contribution in [2.24, 2.45) is 5.73 Å². The second-order valence-electron chi connectivity index (χ2n) is 5.31. The molecule has 0 aliphatic heterocycles. The molecule has 3 N–H and O–H groups in total. The molecule has 0 saturated heterocycles. The third kappa shape index (κ3) is 3.27. The van der Waals surface area contributed by atoms with E-state index in [1.807, 2.05) is 24.3 Å². The van der Waals surface area contributed by atoms with E-state index in [0.29, 0.717) is 33.3 Å². The van der Waals surface area contributed by atoms with Crippen LogP contribution in [0.1, 0.15) is 35.2 Å². The van der Waals surface area contributed by atoms with E-state index in [1.165, 1.54) is 0 Å². The summed E-state index contributed by atoms with van der Waals surface area (Å²) < 4.78 is 0. The van der Waals surface area contributed by atoms with Crippen LogP contribution in [0.15, 0.2) is 24.3 Å². The number of primary amides is 1. The number of amides is 1. The Morgan fingerprint density at radius 1 is 1.39 bits per heavy atom. The van der Waals surface area contributed by atoms with Crippen LogP contribution in [0.4, 0.5) is 11.5 Å². The zero-order valence-electron chi connectivity index (χ0n) is 13.1. The first-order valence-electron chi connectivity index (χ1n) is 7.08. The van der Waals surface area contributed by atoms with Crippen LogP contribution in [0.2, 0.25) is 5.02 Å². The molecule has 1 atom stereocenters. The Morgan fingerprint density at radius 2 is 2.04 bits per heavy atom. The molecule has 0 radical (unpaired) electrons. The first kappa shape index (κ1) is 16.8. The van der Waals surface area contributed by atoms with Crippen LogP contribution in [0.25, 0.3) is 0 Å². The van der Waals surface area contributed by atoms with Crippen molar-refractivity contribution >= 4 is 29.0 Å². The van der Waals surface area contributed by atoms with Crippen molar-refractivity contribution in [2.45, 2.75) is 26.7 Å². The molecule has 0 spiro atoms. The molecule has 118 valence electrons. The number of para-hydroxylation sites is 1. The zero-order chi connectivity index (χ0) is 17.1. The molecule has 6 heteroatoms. The summed E-state index contributed by atoms with van der Waals surface area (Å²) in [5.74, 6) is -0.467. The minimum Gasteiger partial charge on any atom is -0.369 e. The van der Waals surface area contributed by atoms with Crippen LogP contribution >= 0.6 is 11.6 Å². The van der Waals surface area contributed by atoms with Crippen LogP contribution < -0.4 is 11.1 Å². The molecule has 2 aromatic rings. The smallest absolute Gasteiger partial charge is 0.224 e. The molecule has 1 amide bonds. The van der Waals surface area contributed by atoms with Crippen LogP contribution in [0.5, 0.6) is 0 Å². The molecule has 1 heterocycles. The van der Waals surface area contributed by atoms with Crippen molar-refractivity contribution in [1.29, 1.82) is 5.26 Å². The van der Waals surface area contributed by atoms with Gasteiger partial charge in [0, 0.05) is 5.69 Å². The summed E-state index contributed by atoms with van der Waals surface area (Å²) in [5.41, 5.74) is 8.51. The Hall–Kier alpha value is -2.58. The summed E-state index contributed by atoms with van der Waals surface area (Å²) in [5, 5.41) is 13.0. The van der Waals surface area contributed by atoms with Crippen LogP contribution in [-0.4, -0.2) is 10.9 Å². The topological polar surface area (TPSA) is 91.8 Å². The quantitative estimate of drug-likeness (QED) is 0.897. The third-order valence-corrected chi connectivity index (χ3v) is 4.31. The Bertz CT molecular complexity index is 811. The predicted molar refractivity (Wildman–Crippen MR) is 90.8 cm³/mol. The monoisotopic (exact) mass is 328 g/mol. The van der Waals surface area contributed by atoms with Gasteiger partial charge in [0.05, 0.1) is 22.2 Å². The van der Waals surface area contributed by atoms with Gasteiger partial charge in [0.25, 0.3) is 0 Å². The number of anilines is 2. The van der Waals surface area contributed by atoms with Gasteiger partial charge in [-0.05, 0) is 38.0 Å². The normalized spacial score (nSPS) is 11.6. The van der Waals surface area contributed by atoms with E-state index < -0.39 is 11.8 Å². The van der Waals surface area contributed by atoms with E-state index in [-0.39, 0.29) is 0 Å². The summed E-state index contributed by atoms with van der Waals surface area (Å²) in [7, 11) is 0. The number of pyridine rings is 1. The van der Waals surface area contributed by atoms with Gasteiger partial charge >= 0.3 is 0 Å². The van der Waals surface area contributed by atoms with E-state index in [0.717, 1.165) is 5.56 Å². The number of aromatic nitrogens is 1. The van der Waals surface area contributed by atoms with Gasteiger partial charge < -0.3 is 11.1 Å². The lowest BCUT2D eigenvalue weighted by Crippen LogP contribution is -2.19. The molecule has 0 fully saturated rings. The molecular weight excluding hydrogens is 312 g/mol. The Labute approximate surface area is 140 Å². The fourth-order valence-electron chi connectivity index (χ4n) is 2.33. The van der Waals surface area contributed by atoms with Gasteiger partial charge in [-0.25, -0.2) is 4.98 Å². The Balaban J connectivity index is 2.53. The number of aryl methyl sites for hydroxylation is 1. The van der Waals surface area contributed by atoms with Gasteiger partial charge in [-0.1, -0.05) is 29.8 Å². The van der Waals surface area contributed by atoms with Crippen LogP contribution in [-0.2, 0) is 4.79 Å². The average Bonchev–Trinajstić information content (AvgIpc) is 2.53. The van der Waals surface area contributed by atoms with E-state index in [2.05, 4.69) is 16.4 Å². The number of hydrogen-bond acceptors (Lipinski definition) is 4. The van der Waals surface area contributed by atoms with Crippen LogP contribution in [0.3, 0.4) is 0 Å². The minimum absolute atomic E-state index is 0.377. The van der Waals surface area contributed by atoms with Crippen molar-refractivity contribution in [2.75, 3.05) is 5.32 Å². The van der Waals surface area contributed by atoms with Crippen molar-refractivity contribution in [3.63, 3.8) is 0 Å². The summed E-state index contributed by atoms with van der Waals surface area (Å²) >= 11 is 6.16. The van der Waals surface area contributed by atoms with E-state index >= 15 is 0 Å². The first-order chi connectivity index (χ1) is 10.9. The van der Waals surface area contributed by atoms with Gasteiger partial charge in [-0.15, -0.1) is 0 Å². The summed E-state index contributed by atoms with van der Waals surface area (Å²) in [4.78, 5) is 15.9. The maximum absolute atomic E-state index is 11.5. The molecule has 1 aromatic heterocycles. The van der Waals surface area contributed by atoms with E-state index in [4.69, 9.17) is 17.3 Å². The van der Waals surface area contributed by atoms with Gasteiger partial charge in [0.1, 0.15) is 11.9 Å². The second kappa shape index (κ2) is 6.67. The Morgan fingerprint density at radius 3 is 2.65 bits per heavy atom. The number of carbonyl (C=O) groups excluding carboxylic acids is 1. The number of halogens is 1. The third-order valence-electron chi connectivity index (χ3n) is 3.76. The summed E-state index contributed by atoms with van der Waals surface area (Å²) in [6.07, 6.45) is 0. The van der Waals surface area contributed by atoms with Crippen molar-refractivity contribution in [3.8, 4) is 6.07 Å². The van der Waals surface area contributed by atoms with Crippen molar-refractivity contribution in [3.05, 3.63) is 51.7 Å². The molecule has 0 saturated carbocycles. The average molecular weight is 329 g/mol. The predicted octanol–water partition coefficient (Wildman–Crippen LogP) is 3.56. The molecule has 2 rings (SSSR count). The number of carbonyl (C=O) groups is 1. The number of nitrogens with two attached hydrogens (primary N) is 1. The fraction of sp³-hybridized carbons (Fsp3) is 0.235. The highest BCUT2D eigenvalue weighted by Crippen LogP contribution is 2.31. The molecule has 1 unspecified atom stereocenters. The number of rotatable bonds is 4. The first-order valence-corrected chi connectivity index (χ1v) is 7.46. The number of benzene rings is 1. The lowest BCUT2D eigenvalue weighted by atomic mass is 9.98. The SMILES string of the molecule is Cc1nc(Nc2ccccc2C(C)C(N)=O)c(C#N)c(C)c1Cl. The van der Waals surface area contributed by atoms with Crippen molar-refractivity contribution in [1.82, 2.24) is 4.98 Å². The highest BCUT2D eigenvalue weighted by molar-refractivity contribution is 6.32. The van der Waals surface area contributed by atoms with E-state index in [1.54, 1.807) is 20.8 Å². The number of nitrogens with zero attached hydrogens (tertiary/aromatic N) is 2. The summed E-state index contributed by atoms with van der Waals surface area (Å²) in [6, 6.07) is 9.42. The standard InChI is InChI=1S/C17H17ClN4O/c1-9-13(8-19)17(21-11(3)15(9)18)22-14-7-5-4-6-12(14)10(2)16(20)23/h4-7,10H,1-3H3,(H2,20,23)(H,21,22). The number of nitrogens with one attached hydrogen (secondary N) is 1. The molecule has 0 aliphatic carbocycles. The minimum atomic E-state index is -0.460. The maximum atomic E-state index is 11.5. The fourth-order valence-corrected chi connectivity index (χ4v) is 2.46. The molecule has 5 nitrogen and oxygen atoms in total. The Kier molecular flexibility index (Phi) is 4.87. The molecule has 0 aliphatic rings. The van der Waals surface area contributed by atoms with Gasteiger partial charge in [-0.2, -0.15) is 5.26 Å². The molecule has 0 bridgehead atoms. The summed E-state index contributed by atoms with van der Waals surface area (Å²) in [6.45, 7) is 5.29. The molecule has 23 heavy (non-hydrogen) atoms. The lowest BCUT2D eigenvalue weighted by molar-refractivity contribution is -0.119. The lowest BCUT2D eigenvalue weighted by Gasteiger charge is -2.17. The zero-order valence-corrected chi connectivity index (χ0v) is 13.9. The largest absolute Gasteiger partial charge is 0.369 e. The molecule has 1 aromatic carbocycles. The number of hydrogen-bond donors (Lipinski definition) is 2. The van der Waals surface area contributed by atoms with Gasteiger partial charge in [0.2, 0.25) is 5.91 Å².